The van der Waals surface area contributed by atoms with Crippen LogP contribution in [0.15, 0.2) is 49.4 Å². The minimum atomic E-state index is -0.572. The van der Waals surface area contributed by atoms with Crippen molar-refractivity contribution in [3.05, 3.63) is 55.0 Å². The summed E-state index contributed by atoms with van der Waals surface area (Å²) >= 11 is 0. The molecule has 0 saturated carbocycles. The van der Waals surface area contributed by atoms with E-state index >= 15 is 0 Å². The standard InChI is InChI=1S/C15H12N5O3/c1-2-12(22)20(9-10-21)13-11(5-3-6-16-13)14(23)19-15-17-7-4-8-18-15/h2-8H,1,9H2,(H,17,18,19,23). The van der Waals surface area contributed by atoms with E-state index in [4.69, 9.17) is 0 Å². The third-order valence-corrected chi connectivity index (χ3v) is 2.74. The van der Waals surface area contributed by atoms with E-state index in [1.807, 2.05) is 0 Å². The molecule has 2 amide bonds. The first-order valence-corrected chi connectivity index (χ1v) is 6.49. The lowest BCUT2D eigenvalue weighted by molar-refractivity contribution is -0.114. The Hall–Kier alpha value is -3.42. The number of hydrogen-bond donors (Lipinski definition) is 1. The molecule has 0 aliphatic heterocycles. The number of rotatable bonds is 6. The van der Waals surface area contributed by atoms with Gasteiger partial charge in [-0.15, -0.1) is 0 Å². The molecule has 2 aromatic heterocycles. The monoisotopic (exact) mass is 310 g/mol. The summed E-state index contributed by atoms with van der Waals surface area (Å²) in [5.41, 5.74) is 0.0883. The summed E-state index contributed by atoms with van der Waals surface area (Å²) < 4.78 is 0. The van der Waals surface area contributed by atoms with Crippen molar-refractivity contribution in [3.63, 3.8) is 0 Å². The second-order valence-electron chi connectivity index (χ2n) is 4.17. The summed E-state index contributed by atoms with van der Waals surface area (Å²) in [6.07, 6.45) is 6.98. The van der Waals surface area contributed by atoms with E-state index in [9.17, 15) is 14.4 Å². The molecule has 2 rings (SSSR count). The van der Waals surface area contributed by atoms with Crippen LogP contribution < -0.4 is 10.2 Å². The summed E-state index contributed by atoms with van der Waals surface area (Å²) in [6.45, 7) is 2.99. The molecule has 0 aromatic carbocycles. The molecule has 0 bridgehead atoms. The molecule has 1 radical (unpaired) electrons. The quantitative estimate of drug-likeness (QED) is 0.789. The predicted molar refractivity (Wildman–Crippen MR) is 82.5 cm³/mol. The average molecular weight is 310 g/mol. The molecule has 0 atom stereocenters. The van der Waals surface area contributed by atoms with Gasteiger partial charge in [0.05, 0.1) is 12.1 Å². The average Bonchev–Trinajstić information content (AvgIpc) is 2.60. The Labute approximate surface area is 131 Å². The largest absolute Gasteiger partial charge is 0.290 e. The van der Waals surface area contributed by atoms with Crippen molar-refractivity contribution in [1.82, 2.24) is 15.0 Å². The number of pyridine rings is 1. The maximum Gasteiger partial charge on any atom is 0.261 e. The maximum atomic E-state index is 12.4. The summed E-state index contributed by atoms with van der Waals surface area (Å²) in [6, 6.07) is 4.61. The lowest BCUT2D eigenvalue weighted by Crippen LogP contribution is -2.33. The van der Waals surface area contributed by atoms with Crippen molar-refractivity contribution in [2.24, 2.45) is 0 Å². The van der Waals surface area contributed by atoms with Gasteiger partial charge in [-0.05, 0) is 24.3 Å². The number of carbonyl (C=O) groups is 2. The molecule has 2 heterocycles. The van der Waals surface area contributed by atoms with Gasteiger partial charge in [0.15, 0.2) is 0 Å². The highest BCUT2D eigenvalue weighted by Gasteiger charge is 2.22. The van der Waals surface area contributed by atoms with Crippen LogP contribution >= 0.6 is 0 Å². The van der Waals surface area contributed by atoms with Gasteiger partial charge in [-0.1, -0.05) is 6.58 Å². The number of amides is 2. The van der Waals surface area contributed by atoms with Crippen molar-refractivity contribution >= 4 is 29.9 Å². The zero-order valence-corrected chi connectivity index (χ0v) is 12.0. The van der Waals surface area contributed by atoms with E-state index in [1.165, 1.54) is 30.7 Å². The SMILES string of the molecule is C=CC(=O)N(C[C]=O)c1ncccc1C(=O)Nc1ncccn1. The van der Waals surface area contributed by atoms with E-state index in [2.05, 4.69) is 26.8 Å². The molecule has 0 aliphatic rings. The zero-order chi connectivity index (χ0) is 16.7. The molecule has 23 heavy (non-hydrogen) atoms. The van der Waals surface area contributed by atoms with Crippen LogP contribution in [0.1, 0.15) is 10.4 Å². The van der Waals surface area contributed by atoms with Gasteiger partial charge in [0.2, 0.25) is 12.2 Å². The minimum absolute atomic E-state index is 0.0224. The second-order valence-corrected chi connectivity index (χ2v) is 4.17. The number of nitrogens with zero attached hydrogens (tertiary/aromatic N) is 4. The van der Waals surface area contributed by atoms with Gasteiger partial charge in [0.25, 0.3) is 11.8 Å². The van der Waals surface area contributed by atoms with Crippen LogP contribution in [-0.4, -0.2) is 39.6 Å². The number of hydrogen-bond acceptors (Lipinski definition) is 6. The van der Waals surface area contributed by atoms with Gasteiger partial charge in [-0.3, -0.25) is 24.6 Å². The Kier molecular flexibility index (Phi) is 5.24. The normalized spacial score (nSPS) is 9.74. The fourth-order valence-corrected chi connectivity index (χ4v) is 1.75. The second kappa shape index (κ2) is 7.55. The zero-order valence-electron chi connectivity index (χ0n) is 12.0. The molecule has 0 fully saturated rings. The van der Waals surface area contributed by atoms with Gasteiger partial charge in [-0.25, -0.2) is 15.0 Å². The van der Waals surface area contributed by atoms with Crippen LogP contribution in [0.3, 0.4) is 0 Å². The number of aromatic nitrogens is 3. The Bertz CT molecular complexity index is 733. The molecule has 0 saturated heterocycles. The molecule has 0 aliphatic carbocycles. The summed E-state index contributed by atoms with van der Waals surface area (Å²) in [5.74, 6) is -1.01. The molecule has 115 valence electrons. The third kappa shape index (κ3) is 3.82. The van der Waals surface area contributed by atoms with E-state index in [1.54, 1.807) is 12.4 Å². The van der Waals surface area contributed by atoms with Crippen molar-refractivity contribution in [3.8, 4) is 0 Å². The lowest BCUT2D eigenvalue weighted by Gasteiger charge is -2.19. The lowest BCUT2D eigenvalue weighted by atomic mass is 10.2. The first-order chi connectivity index (χ1) is 11.2. The van der Waals surface area contributed by atoms with Gasteiger partial charge in [0.1, 0.15) is 5.82 Å². The molecule has 2 aromatic rings. The van der Waals surface area contributed by atoms with Gasteiger partial charge in [-0.2, -0.15) is 0 Å². The van der Waals surface area contributed by atoms with E-state index < -0.39 is 11.8 Å². The highest BCUT2D eigenvalue weighted by atomic mass is 16.2. The summed E-state index contributed by atoms with van der Waals surface area (Å²) in [5, 5.41) is 2.49. The molecular weight excluding hydrogens is 298 g/mol. The summed E-state index contributed by atoms with van der Waals surface area (Å²) in [7, 11) is 0. The van der Waals surface area contributed by atoms with Crippen LogP contribution in [0.4, 0.5) is 11.8 Å². The first kappa shape index (κ1) is 16.0. The number of anilines is 2. The number of carbonyl (C=O) groups excluding carboxylic acids is 3. The molecule has 0 unspecified atom stereocenters. The van der Waals surface area contributed by atoms with Gasteiger partial charge < -0.3 is 0 Å². The summed E-state index contributed by atoms with van der Waals surface area (Å²) in [4.78, 5) is 47.7. The smallest absolute Gasteiger partial charge is 0.261 e. The first-order valence-electron chi connectivity index (χ1n) is 6.49. The van der Waals surface area contributed by atoms with Crippen molar-refractivity contribution in [2.75, 3.05) is 16.8 Å². The Morgan fingerprint density at radius 1 is 1.22 bits per heavy atom. The van der Waals surface area contributed by atoms with E-state index in [-0.39, 0.29) is 23.9 Å². The van der Waals surface area contributed by atoms with Gasteiger partial charge in [0, 0.05) is 18.6 Å². The molecular formula is C15H12N5O3. The Morgan fingerprint density at radius 2 is 1.91 bits per heavy atom. The van der Waals surface area contributed by atoms with Crippen LogP contribution in [0.5, 0.6) is 0 Å². The fraction of sp³-hybridized carbons (Fsp3) is 0.0667. The predicted octanol–water partition coefficient (Wildman–Crippen LogP) is 0.753. The van der Waals surface area contributed by atoms with Crippen molar-refractivity contribution in [1.29, 1.82) is 0 Å². The highest BCUT2D eigenvalue weighted by molar-refractivity contribution is 6.11. The van der Waals surface area contributed by atoms with Crippen LogP contribution in [0.25, 0.3) is 0 Å². The Morgan fingerprint density at radius 3 is 2.57 bits per heavy atom. The highest BCUT2D eigenvalue weighted by Crippen LogP contribution is 2.18. The van der Waals surface area contributed by atoms with Crippen LogP contribution in [0.2, 0.25) is 0 Å². The number of nitrogens with one attached hydrogen (secondary N) is 1. The van der Waals surface area contributed by atoms with E-state index in [0.29, 0.717) is 0 Å². The molecule has 1 N–H and O–H groups in total. The minimum Gasteiger partial charge on any atom is -0.290 e. The molecule has 8 heteroatoms. The van der Waals surface area contributed by atoms with Crippen LogP contribution in [-0.2, 0) is 9.59 Å². The maximum absolute atomic E-state index is 12.4. The van der Waals surface area contributed by atoms with E-state index in [0.717, 1.165) is 11.0 Å². The van der Waals surface area contributed by atoms with Crippen LogP contribution in [0, 0.1) is 0 Å². The van der Waals surface area contributed by atoms with Gasteiger partial charge >= 0.3 is 0 Å². The topological polar surface area (TPSA) is 105 Å². The molecule has 0 spiro atoms. The molecule has 8 nitrogen and oxygen atoms in total. The third-order valence-electron chi connectivity index (χ3n) is 2.74. The van der Waals surface area contributed by atoms with Crippen molar-refractivity contribution < 1.29 is 14.4 Å². The Balaban J connectivity index is 2.35. The fourth-order valence-electron chi connectivity index (χ4n) is 1.75. The van der Waals surface area contributed by atoms with Crippen molar-refractivity contribution in [2.45, 2.75) is 0 Å².